The Balaban J connectivity index is 1.55. The third-order valence-electron chi connectivity index (χ3n) is 5.05. The molecule has 3 atom stereocenters. The van der Waals surface area contributed by atoms with Crippen LogP contribution in [0.2, 0.25) is 0 Å². The average molecular weight is 449 g/mol. The predicted molar refractivity (Wildman–Crippen MR) is 115 cm³/mol. The summed E-state index contributed by atoms with van der Waals surface area (Å²) < 4.78 is 43.1. The first kappa shape index (κ1) is 20.9. The number of ether oxygens (including phenoxy) is 1. The molecule has 6 nitrogen and oxygen atoms in total. The lowest BCUT2D eigenvalue weighted by atomic mass is 10.1. The zero-order valence-corrected chi connectivity index (χ0v) is 17.9. The highest BCUT2D eigenvalue weighted by Crippen LogP contribution is 2.39. The summed E-state index contributed by atoms with van der Waals surface area (Å²) in [7, 11) is -3.13. The highest BCUT2D eigenvalue weighted by molar-refractivity contribution is 8.15. The molecule has 158 valence electrons. The van der Waals surface area contributed by atoms with Crippen molar-refractivity contribution in [3.05, 3.63) is 66.0 Å². The van der Waals surface area contributed by atoms with E-state index in [-0.39, 0.29) is 28.6 Å². The summed E-state index contributed by atoms with van der Waals surface area (Å²) in [4.78, 5) is 18.8. The number of halogens is 1. The van der Waals surface area contributed by atoms with Crippen LogP contribution in [0, 0.1) is 5.82 Å². The smallest absolute Gasteiger partial charge is 0.288 e. The minimum Gasteiger partial charge on any atom is -0.481 e. The monoisotopic (exact) mass is 448 g/mol. The summed E-state index contributed by atoms with van der Waals surface area (Å²) in [5.41, 5.74) is 0.815. The van der Waals surface area contributed by atoms with Crippen LogP contribution in [0.1, 0.15) is 12.5 Å². The molecule has 0 saturated carbocycles. The molecule has 2 aliphatic heterocycles. The topological polar surface area (TPSA) is 76.0 Å². The normalized spacial score (nSPS) is 24.6. The van der Waals surface area contributed by atoms with E-state index in [2.05, 4.69) is 4.99 Å². The largest absolute Gasteiger partial charge is 0.481 e. The molecule has 0 radical (unpaired) electrons. The highest BCUT2D eigenvalue weighted by Gasteiger charge is 2.48. The molecule has 9 heteroatoms. The molecular weight excluding hydrogens is 427 g/mol. The molecule has 2 aromatic rings. The van der Waals surface area contributed by atoms with Crippen molar-refractivity contribution < 1.29 is 22.3 Å². The van der Waals surface area contributed by atoms with Crippen LogP contribution in [0.15, 0.2) is 59.6 Å². The maximum Gasteiger partial charge on any atom is 0.288 e. The lowest BCUT2D eigenvalue weighted by Crippen LogP contribution is -2.37. The number of fused-ring (bicyclic) bond motifs is 1. The van der Waals surface area contributed by atoms with E-state index in [0.717, 1.165) is 5.56 Å². The van der Waals surface area contributed by atoms with Crippen molar-refractivity contribution in [2.75, 3.05) is 11.5 Å². The van der Waals surface area contributed by atoms with Crippen LogP contribution in [0.5, 0.6) is 5.75 Å². The van der Waals surface area contributed by atoms with Crippen LogP contribution in [-0.2, 0) is 21.2 Å². The van der Waals surface area contributed by atoms with Gasteiger partial charge in [0.25, 0.3) is 5.91 Å². The van der Waals surface area contributed by atoms with Gasteiger partial charge < -0.3 is 9.64 Å². The van der Waals surface area contributed by atoms with Crippen molar-refractivity contribution in [1.82, 2.24) is 4.90 Å². The quantitative estimate of drug-likeness (QED) is 0.700. The number of hydrogen-bond acceptors (Lipinski definition) is 5. The number of amides is 1. The van der Waals surface area contributed by atoms with E-state index < -0.39 is 21.8 Å². The standard InChI is InChI=1S/C21H21FN2O4S2/c1-14(28-17-5-3-2-4-6-17)20(25)23-21-24(11-15-7-9-16(22)10-8-15)18-12-30(26,27)13-19(18)29-21/h2-10,14,18-19H,11-13H2,1H3/t14-,18+,19-/m0/s1. The van der Waals surface area contributed by atoms with Gasteiger partial charge in [0, 0.05) is 11.8 Å². The van der Waals surface area contributed by atoms with Crippen LogP contribution in [0.3, 0.4) is 0 Å². The first-order chi connectivity index (χ1) is 14.3. The Kier molecular flexibility index (Phi) is 5.84. The number of thioether (sulfide) groups is 1. The molecule has 2 fully saturated rings. The zero-order valence-electron chi connectivity index (χ0n) is 16.3. The number of nitrogens with zero attached hydrogens (tertiary/aromatic N) is 2. The summed E-state index contributed by atoms with van der Waals surface area (Å²) in [6.07, 6.45) is -0.780. The van der Waals surface area contributed by atoms with Crippen molar-refractivity contribution in [2.24, 2.45) is 4.99 Å². The lowest BCUT2D eigenvalue weighted by molar-refractivity contribution is -0.123. The molecule has 0 aromatic heterocycles. The van der Waals surface area contributed by atoms with E-state index in [0.29, 0.717) is 17.5 Å². The van der Waals surface area contributed by atoms with Crippen LogP contribution < -0.4 is 4.74 Å². The number of benzene rings is 2. The molecule has 1 amide bonds. The Labute approximate surface area is 179 Å². The summed E-state index contributed by atoms with van der Waals surface area (Å²) in [6, 6.07) is 14.8. The van der Waals surface area contributed by atoms with Crippen LogP contribution in [0.25, 0.3) is 0 Å². The molecule has 0 aliphatic carbocycles. The van der Waals surface area contributed by atoms with Crippen LogP contribution in [-0.4, -0.2) is 53.3 Å². The highest BCUT2D eigenvalue weighted by atomic mass is 32.2. The molecule has 2 heterocycles. The maximum absolute atomic E-state index is 13.3. The van der Waals surface area contributed by atoms with Gasteiger partial charge in [0.05, 0.1) is 17.5 Å². The Morgan fingerprint density at radius 1 is 1.20 bits per heavy atom. The van der Waals surface area contributed by atoms with Gasteiger partial charge in [-0.2, -0.15) is 4.99 Å². The molecule has 0 spiro atoms. The van der Waals surface area contributed by atoms with Crippen molar-refractivity contribution in [3.8, 4) is 5.75 Å². The zero-order chi connectivity index (χ0) is 21.3. The van der Waals surface area contributed by atoms with Gasteiger partial charge in [-0.25, -0.2) is 12.8 Å². The minimum absolute atomic E-state index is 0.0230. The van der Waals surface area contributed by atoms with E-state index in [1.165, 1.54) is 23.9 Å². The fourth-order valence-corrected chi connectivity index (χ4v) is 7.50. The van der Waals surface area contributed by atoms with Gasteiger partial charge in [-0.15, -0.1) is 0 Å². The number of amidine groups is 1. The van der Waals surface area contributed by atoms with Crippen molar-refractivity contribution in [2.45, 2.75) is 30.9 Å². The Morgan fingerprint density at radius 3 is 2.60 bits per heavy atom. The molecule has 0 bridgehead atoms. The van der Waals surface area contributed by atoms with E-state index in [4.69, 9.17) is 4.74 Å². The van der Waals surface area contributed by atoms with Gasteiger partial charge in [-0.05, 0) is 36.8 Å². The molecule has 30 heavy (non-hydrogen) atoms. The van der Waals surface area contributed by atoms with Crippen molar-refractivity contribution in [3.63, 3.8) is 0 Å². The summed E-state index contributed by atoms with van der Waals surface area (Å²) >= 11 is 1.31. The molecule has 2 aliphatic rings. The van der Waals surface area contributed by atoms with Gasteiger partial charge in [-0.1, -0.05) is 42.1 Å². The molecule has 2 aromatic carbocycles. The van der Waals surface area contributed by atoms with Gasteiger partial charge in [0.2, 0.25) is 0 Å². The fourth-order valence-electron chi connectivity index (χ4n) is 3.55. The number of carbonyl (C=O) groups is 1. The molecular formula is C21H21FN2O4S2. The van der Waals surface area contributed by atoms with Gasteiger partial charge >= 0.3 is 0 Å². The number of rotatable bonds is 5. The Morgan fingerprint density at radius 2 is 1.90 bits per heavy atom. The Hall–Kier alpha value is -2.39. The van der Waals surface area contributed by atoms with E-state index in [1.54, 1.807) is 31.2 Å². The summed E-state index contributed by atoms with van der Waals surface area (Å²) in [5.74, 6) is -0.121. The van der Waals surface area contributed by atoms with Crippen molar-refractivity contribution >= 4 is 32.7 Å². The average Bonchev–Trinajstić information content (AvgIpc) is 3.16. The van der Waals surface area contributed by atoms with Crippen LogP contribution in [0.4, 0.5) is 4.39 Å². The SMILES string of the molecule is C[C@H](Oc1ccccc1)C(=O)N=C1S[C@H]2CS(=O)(=O)C[C@H]2N1Cc1ccc(F)cc1. The second kappa shape index (κ2) is 8.39. The number of hydrogen-bond donors (Lipinski definition) is 0. The lowest BCUT2D eigenvalue weighted by Gasteiger charge is -2.24. The van der Waals surface area contributed by atoms with E-state index in [9.17, 15) is 17.6 Å². The van der Waals surface area contributed by atoms with E-state index >= 15 is 0 Å². The first-order valence-electron chi connectivity index (χ1n) is 9.53. The van der Waals surface area contributed by atoms with Crippen molar-refractivity contribution in [1.29, 1.82) is 0 Å². The van der Waals surface area contributed by atoms with Gasteiger partial charge in [0.15, 0.2) is 21.1 Å². The molecule has 4 rings (SSSR count). The maximum atomic E-state index is 13.3. The summed E-state index contributed by atoms with van der Waals surface area (Å²) in [5, 5.41) is 0.310. The molecule has 0 unspecified atom stereocenters. The van der Waals surface area contributed by atoms with Crippen LogP contribution >= 0.6 is 11.8 Å². The third kappa shape index (κ3) is 4.67. The first-order valence-corrected chi connectivity index (χ1v) is 12.2. The Bertz CT molecular complexity index is 1060. The summed E-state index contributed by atoms with van der Waals surface area (Å²) in [6.45, 7) is 1.98. The molecule has 2 saturated heterocycles. The van der Waals surface area contributed by atoms with E-state index in [1.807, 2.05) is 23.1 Å². The number of sulfone groups is 1. The second-order valence-electron chi connectivity index (χ2n) is 7.36. The number of para-hydroxylation sites is 1. The van der Waals surface area contributed by atoms with Gasteiger partial charge in [-0.3, -0.25) is 4.79 Å². The second-order valence-corrected chi connectivity index (χ2v) is 10.7. The number of carbonyl (C=O) groups excluding carboxylic acids is 1. The predicted octanol–water partition coefficient (Wildman–Crippen LogP) is 2.89. The number of aliphatic imine (C=N–C) groups is 1. The third-order valence-corrected chi connectivity index (χ3v) is 8.30. The molecule has 0 N–H and O–H groups in total. The van der Waals surface area contributed by atoms with Gasteiger partial charge in [0.1, 0.15) is 11.6 Å². The minimum atomic E-state index is -3.13. The fraction of sp³-hybridized carbons (Fsp3) is 0.333.